The molecule has 0 fully saturated rings. The van der Waals surface area contributed by atoms with Crippen LogP contribution in [0.4, 0.5) is 5.69 Å². The summed E-state index contributed by atoms with van der Waals surface area (Å²) in [4.78, 5) is 11.9. The zero-order valence-corrected chi connectivity index (χ0v) is 16.7. The first-order chi connectivity index (χ1) is 13.2. The van der Waals surface area contributed by atoms with Gasteiger partial charge >= 0.3 is 0 Å². The minimum Gasteiger partial charge on any atom is -0.367 e. The number of carbonyl (C=O) groups excluding carboxylic acids is 1. The Bertz CT molecular complexity index is 627. The number of rotatable bonds is 10. The maximum atomic E-state index is 11.9. The molecular weight excluding hydrogens is 336 g/mol. The molecule has 2 aromatic carbocycles. The summed E-state index contributed by atoms with van der Waals surface area (Å²) >= 11 is 0. The first-order valence-electron chi connectivity index (χ1n) is 9.90. The maximum Gasteiger partial charge on any atom is 0.250 e. The van der Waals surface area contributed by atoms with Crippen molar-refractivity contribution in [1.82, 2.24) is 0 Å². The van der Waals surface area contributed by atoms with Crippen LogP contribution in [-0.4, -0.2) is 19.1 Å². The number of ether oxygens (including phenoxy) is 1. The largest absolute Gasteiger partial charge is 0.367 e. The monoisotopic (exact) mass is 370 g/mol. The van der Waals surface area contributed by atoms with Gasteiger partial charge in [-0.05, 0) is 49.1 Å². The predicted molar refractivity (Wildman–Crippen MR) is 114 cm³/mol. The highest BCUT2D eigenvalue weighted by atomic mass is 16.5. The molecule has 0 aliphatic heterocycles. The molecule has 0 spiro atoms. The van der Waals surface area contributed by atoms with Crippen molar-refractivity contribution in [2.45, 2.75) is 52.6 Å². The Morgan fingerprint density at radius 2 is 1.67 bits per heavy atom. The van der Waals surface area contributed by atoms with Gasteiger partial charge < -0.3 is 15.8 Å². The fourth-order valence-corrected chi connectivity index (χ4v) is 2.42. The van der Waals surface area contributed by atoms with Gasteiger partial charge in [0, 0.05) is 5.69 Å². The molecule has 4 nitrogen and oxygen atoms in total. The smallest absolute Gasteiger partial charge is 0.250 e. The standard InChI is InChI=1S/C19H23NO2.C4H11N/c1-2-3-8-16-11-7-12-18(13-16)20-19(21)15-22-14-17-9-5-4-6-10-17;1-2-3-4-5/h4-7,9-13H,2-3,8,14-15H2,1H3,(H,20,21);2-5H2,1H3. The van der Waals surface area contributed by atoms with Gasteiger partial charge in [0.2, 0.25) is 5.91 Å². The van der Waals surface area contributed by atoms with E-state index in [1.54, 1.807) is 0 Å². The molecule has 0 aromatic heterocycles. The van der Waals surface area contributed by atoms with E-state index < -0.39 is 0 Å². The van der Waals surface area contributed by atoms with Crippen molar-refractivity contribution in [3.8, 4) is 0 Å². The summed E-state index contributed by atoms with van der Waals surface area (Å²) in [5.74, 6) is -0.122. The molecule has 0 aliphatic carbocycles. The number of carbonyl (C=O) groups is 1. The third-order valence-electron chi connectivity index (χ3n) is 3.93. The first-order valence-corrected chi connectivity index (χ1v) is 9.90. The molecule has 0 heterocycles. The number of hydrogen-bond donors (Lipinski definition) is 2. The summed E-state index contributed by atoms with van der Waals surface area (Å²) in [6.45, 7) is 5.66. The number of hydrogen-bond acceptors (Lipinski definition) is 3. The quantitative estimate of drug-likeness (QED) is 0.623. The van der Waals surface area contributed by atoms with E-state index in [1.807, 2.05) is 48.5 Å². The van der Waals surface area contributed by atoms with Crippen LogP contribution in [0.5, 0.6) is 0 Å². The summed E-state index contributed by atoms with van der Waals surface area (Å²) < 4.78 is 5.44. The number of nitrogens with one attached hydrogen (secondary N) is 1. The van der Waals surface area contributed by atoms with Crippen molar-refractivity contribution >= 4 is 11.6 Å². The van der Waals surface area contributed by atoms with E-state index in [-0.39, 0.29) is 12.5 Å². The summed E-state index contributed by atoms with van der Waals surface area (Å²) in [6, 6.07) is 17.9. The Morgan fingerprint density at radius 3 is 2.30 bits per heavy atom. The Morgan fingerprint density at radius 1 is 0.963 bits per heavy atom. The highest BCUT2D eigenvalue weighted by Gasteiger charge is 2.03. The van der Waals surface area contributed by atoms with Crippen molar-refractivity contribution in [2.75, 3.05) is 18.5 Å². The van der Waals surface area contributed by atoms with Crippen LogP contribution in [-0.2, 0) is 22.6 Å². The van der Waals surface area contributed by atoms with E-state index in [9.17, 15) is 4.79 Å². The molecule has 0 saturated heterocycles. The van der Waals surface area contributed by atoms with E-state index in [4.69, 9.17) is 10.5 Å². The van der Waals surface area contributed by atoms with Crippen molar-refractivity contribution in [2.24, 2.45) is 5.73 Å². The molecule has 0 bridgehead atoms. The summed E-state index contributed by atoms with van der Waals surface area (Å²) in [6.07, 6.45) is 5.77. The van der Waals surface area contributed by atoms with Gasteiger partial charge in [0.15, 0.2) is 0 Å². The summed E-state index contributed by atoms with van der Waals surface area (Å²) in [5, 5.41) is 2.88. The first kappa shape index (κ1) is 22.9. The van der Waals surface area contributed by atoms with Crippen LogP contribution in [0.15, 0.2) is 54.6 Å². The van der Waals surface area contributed by atoms with Crippen LogP contribution < -0.4 is 11.1 Å². The van der Waals surface area contributed by atoms with Gasteiger partial charge in [-0.25, -0.2) is 0 Å². The van der Waals surface area contributed by atoms with Gasteiger partial charge in [0.1, 0.15) is 6.61 Å². The summed E-state index contributed by atoms with van der Waals surface area (Å²) in [7, 11) is 0. The molecule has 4 heteroatoms. The van der Waals surface area contributed by atoms with Gasteiger partial charge in [-0.3, -0.25) is 4.79 Å². The number of amides is 1. The molecule has 0 atom stereocenters. The predicted octanol–water partition coefficient (Wildman–Crippen LogP) is 4.93. The molecule has 0 unspecified atom stereocenters. The second-order valence-corrected chi connectivity index (χ2v) is 6.47. The molecule has 2 aromatic rings. The van der Waals surface area contributed by atoms with Crippen LogP contribution in [0.3, 0.4) is 0 Å². The van der Waals surface area contributed by atoms with Crippen molar-refractivity contribution in [3.63, 3.8) is 0 Å². The molecule has 0 saturated carbocycles. The van der Waals surface area contributed by atoms with Crippen molar-refractivity contribution in [1.29, 1.82) is 0 Å². The van der Waals surface area contributed by atoms with Crippen LogP contribution in [0.1, 0.15) is 50.7 Å². The van der Waals surface area contributed by atoms with E-state index in [0.29, 0.717) is 6.61 Å². The van der Waals surface area contributed by atoms with E-state index in [0.717, 1.165) is 30.6 Å². The average molecular weight is 371 g/mol. The normalized spacial score (nSPS) is 10.0. The lowest BCUT2D eigenvalue weighted by Crippen LogP contribution is -2.18. The SMILES string of the molecule is CCCCN.CCCCc1cccc(NC(=O)COCc2ccccc2)c1. The van der Waals surface area contributed by atoms with E-state index in [2.05, 4.69) is 25.2 Å². The van der Waals surface area contributed by atoms with Crippen LogP contribution in [0.2, 0.25) is 0 Å². The second-order valence-electron chi connectivity index (χ2n) is 6.47. The average Bonchev–Trinajstić information content (AvgIpc) is 2.68. The number of nitrogens with two attached hydrogens (primary N) is 1. The summed E-state index contributed by atoms with van der Waals surface area (Å²) in [5.41, 5.74) is 8.30. The highest BCUT2D eigenvalue weighted by molar-refractivity contribution is 5.91. The van der Waals surface area contributed by atoms with Gasteiger partial charge in [-0.1, -0.05) is 69.2 Å². The van der Waals surface area contributed by atoms with Crippen molar-refractivity contribution in [3.05, 3.63) is 65.7 Å². The number of aryl methyl sites for hydroxylation is 1. The molecule has 1 amide bonds. The molecule has 0 aliphatic rings. The van der Waals surface area contributed by atoms with E-state index in [1.165, 1.54) is 24.8 Å². The number of unbranched alkanes of at least 4 members (excludes halogenated alkanes) is 2. The Balaban J connectivity index is 0.000000646. The van der Waals surface area contributed by atoms with Crippen LogP contribution in [0.25, 0.3) is 0 Å². The molecule has 27 heavy (non-hydrogen) atoms. The fraction of sp³-hybridized carbons (Fsp3) is 0.435. The number of benzene rings is 2. The topological polar surface area (TPSA) is 64.3 Å². The molecule has 2 rings (SSSR count). The zero-order valence-electron chi connectivity index (χ0n) is 16.7. The third-order valence-corrected chi connectivity index (χ3v) is 3.93. The minimum absolute atomic E-state index is 0.0636. The lowest BCUT2D eigenvalue weighted by molar-refractivity contribution is -0.121. The molecule has 148 valence electrons. The Kier molecular flexibility index (Phi) is 12.7. The van der Waals surface area contributed by atoms with Gasteiger partial charge in [-0.15, -0.1) is 0 Å². The lowest BCUT2D eigenvalue weighted by atomic mass is 10.1. The second kappa shape index (κ2) is 14.9. The van der Waals surface area contributed by atoms with E-state index >= 15 is 0 Å². The van der Waals surface area contributed by atoms with Gasteiger partial charge in [-0.2, -0.15) is 0 Å². The fourth-order valence-electron chi connectivity index (χ4n) is 2.42. The Hall–Kier alpha value is -2.17. The van der Waals surface area contributed by atoms with Gasteiger partial charge in [0.25, 0.3) is 0 Å². The van der Waals surface area contributed by atoms with Crippen LogP contribution in [0, 0.1) is 0 Å². The maximum absolute atomic E-state index is 11.9. The number of anilines is 1. The molecule has 0 radical (unpaired) electrons. The molecular formula is C23H34N2O2. The zero-order chi connectivity index (χ0) is 19.7. The van der Waals surface area contributed by atoms with Crippen molar-refractivity contribution < 1.29 is 9.53 Å². The minimum atomic E-state index is -0.122. The molecule has 3 N–H and O–H groups in total. The lowest BCUT2D eigenvalue weighted by Gasteiger charge is -2.08. The van der Waals surface area contributed by atoms with Gasteiger partial charge in [0.05, 0.1) is 6.61 Å². The Labute approximate surface area is 164 Å². The van der Waals surface area contributed by atoms with Crippen LogP contribution >= 0.6 is 0 Å². The third kappa shape index (κ3) is 11.2. The highest BCUT2D eigenvalue weighted by Crippen LogP contribution is 2.13.